The van der Waals surface area contributed by atoms with Gasteiger partial charge in [-0.2, -0.15) is 4.98 Å². The fourth-order valence-electron chi connectivity index (χ4n) is 5.06. The summed E-state index contributed by atoms with van der Waals surface area (Å²) in [5, 5.41) is 4.08. The molecule has 1 aromatic heterocycles. The van der Waals surface area contributed by atoms with Gasteiger partial charge in [0, 0.05) is 38.3 Å². The summed E-state index contributed by atoms with van der Waals surface area (Å²) >= 11 is 0. The first-order valence-electron chi connectivity index (χ1n) is 10.6. The zero-order chi connectivity index (χ0) is 20.6. The number of hydrogen-bond donors (Lipinski definition) is 0. The van der Waals surface area contributed by atoms with Gasteiger partial charge in [0.1, 0.15) is 0 Å². The molecular formula is C24H26N4O2. The predicted octanol–water partition coefficient (Wildman–Crippen LogP) is 3.29. The third kappa shape index (κ3) is 3.41. The van der Waals surface area contributed by atoms with Gasteiger partial charge in [0.25, 0.3) is 5.91 Å². The van der Waals surface area contributed by atoms with Crippen LogP contribution in [-0.2, 0) is 12.0 Å². The first kappa shape index (κ1) is 19.0. The van der Waals surface area contributed by atoms with Gasteiger partial charge in [0.05, 0.1) is 5.41 Å². The average molecular weight is 402 g/mol. The molecule has 0 N–H and O–H groups in total. The van der Waals surface area contributed by atoms with Crippen LogP contribution >= 0.6 is 0 Å². The number of carbonyl (C=O) groups excluding carboxylic acids is 1. The van der Waals surface area contributed by atoms with E-state index < -0.39 is 0 Å². The molecule has 0 unspecified atom stereocenters. The number of piperidine rings is 1. The van der Waals surface area contributed by atoms with E-state index >= 15 is 0 Å². The van der Waals surface area contributed by atoms with Gasteiger partial charge in [-0.1, -0.05) is 53.7 Å². The lowest BCUT2D eigenvalue weighted by molar-refractivity contribution is 0.0536. The molecule has 5 rings (SSSR count). The van der Waals surface area contributed by atoms with Crippen LogP contribution in [0.3, 0.4) is 0 Å². The predicted molar refractivity (Wildman–Crippen MR) is 113 cm³/mol. The molecule has 2 aliphatic rings. The van der Waals surface area contributed by atoms with Crippen LogP contribution in [0.25, 0.3) is 0 Å². The molecule has 0 spiro atoms. The van der Waals surface area contributed by atoms with Gasteiger partial charge in [-0.15, -0.1) is 0 Å². The molecule has 2 fully saturated rings. The second-order valence-corrected chi connectivity index (χ2v) is 8.54. The Bertz CT molecular complexity index is 1020. The Kier molecular flexibility index (Phi) is 4.87. The maximum atomic E-state index is 13.2. The molecule has 6 heteroatoms. The van der Waals surface area contributed by atoms with Crippen molar-refractivity contribution in [2.75, 3.05) is 26.2 Å². The Balaban J connectivity index is 1.44. The number of benzene rings is 2. The fourth-order valence-corrected chi connectivity index (χ4v) is 5.06. The summed E-state index contributed by atoms with van der Waals surface area (Å²) < 4.78 is 5.72. The fraction of sp³-hybridized carbons (Fsp3) is 0.375. The van der Waals surface area contributed by atoms with E-state index in [9.17, 15) is 4.79 Å². The van der Waals surface area contributed by atoms with Crippen LogP contribution in [0.4, 0.5) is 0 Å². The van der Waals surface area contributed by atoms with E-state index in [-0.39, 0.29) is 11.3 Å². The van der Waals surface area contributed by atoms with E-state index in [0.717, 1.165) is 38.2 Å². The van der Waals surface area contributed by atoms with Crippen molar-refractivity contribution in [1.29, 1.82) is 0 Å². The number of rotatable bonds is 4. The summed E-state index contributed by atoms with van der Waals surface area (Å²) in [5.41, 5.74) is 1.70. The van der Waals surface area contributed by atoms with Crippen molar-refractivity contribution < 1.29 is 9.32 Å². The molecule has 3 heterocycles. The highest BCUT2D eigenvalue weighted by Gasteiger charge is 2.55. The molecule has 0 bridgehead atoms. The molecule has 0 radical (unpaired) electrons. The SMILES string of the molecule is Cc1noc([C@@]23CN(Cc4ccccc4)C[C@@H]2CCN(C(=O)c2ccccc2)C3)n1. The summed E-state index contributed by atoms with van der Waals surface area (Å²) in [5.74, 6) is 1.78. The molecule has 30 heavy (non-hydrogen) atoms. The minimum Gasteiger partial charge on any atom is -0.339 e. The minimum absolute atomic E-state index is 0.0752. The Morgan fingerprint density at radius 3 is 2.53 bits per heavy atom. The van der Waals surface area contributed by atoms with Crippen molar-refractivity contribution >= 4 is 5.91 Å². The number of fused-ring (bicyclic) bond motifs is 1. The molecule has 154 valence electrons. The maximum Gasteiger partial charge on any atom is 0.253 e. The summed E-state index contributed by atoms with van der Waals surface area (Å²) in [4.78, 5) is 22.3. The van der Waals surface area contributed by atoms with E-state index in [0.29, 0.717) is 24.2 Å². The van der Waals surface area contributed by atoms with Gasteiger partial charge >= 0.3 is 0 Å². The highest BCUT2D eigenvalue weighted by Crippen LogP contribution is 2.44. The zero-order valence-electron chi connectivity index (χ0n) is 17.2. The Morgan fingerprint density at radius 2 is 1.83 bits per heavy atom. The van der Waals surface area contributed by atoms with Crippen molar-refractivity contribution in [1.82, 2.24) is 19.9 Å². The quantitative estimate of drug-likeness (QED) is 0.670. The van der Waals surface area contributed by atoms with Crippen LogP contribution in [0.1, 0.15) is 34.1 Å². The van der Waals surface area contributed by atoms with Gasteiger partial charge < -0.3 is 9.42 Å². The van der Waals surface area contributed by atoms with Crippen molar-refractivity contribution in [2.24, 2.45) is 5.92 Å². The number of aryl methyl sites for hydroxylation is 1. The van der Waals surface area contributed by atoms with Crippen LogP contribution in [0, 0.1) is 12.8 Å². The first-order valence-corrected chi connectivity index (χ1v) is 10.6. The third-order valence-corrected chi connectivity index (χ3v) is 6.50. The van der Waals surface area contributed by atoms with Crippen molar-refractivity contribution in [3.05, 3.63) is 83.5 Å². The largest absolute Gasteiger partial charge is 0.339 e. The number of amides is 1. The number of likely N-dealkylation sites (tertiary alicyclic amines) is 2. The summed E-state index contributed by atoms with van der Waals surface area (Å²) in [6, 6.07) is 20.1. The minimum atomic E-state index is -0.321. The van der Waals surface area contributed by atoms with Crippen LogP contribution in [0.15, 0.2) is 65.2 Å². The zero-order valence-corrected chi connectivity index (χ0v) is 17.2. The average Bonchev–Trinajstić information content (AvgIpc) is 3.38. The maximum absolute atomic E-state index is 13.2. The van der Waals surface area contributed by atoms with E-state index in [1.54, 1.807) is 0 Å². The standard InChI is InChI=1S/C24H26N4O2/c1-18-25-23(30-26-18)24-16-27(14-19-8-4-2-5-9-19)15-21(24)12-13-28(17-24)22(29)20-10-6-3-7-11-20/h2-11,21H,12-17H2,1H3/t21-,24+/m0/s1. The van der Waals surface area contributed by atoms with E-state index in [2.05, 4.69) is 39.3 Å². The van der Waals surface area contributed by atoms with Gasteiger partial charge in [0.15, 0.2) is 5.82 Å². The normalized spacial score (nSPS) is 24.0. The second-order valence-electron chi connectivity index (χ2n) is 8.54. The molecule has 2 atom stereocenters. The van der Waals surface area contributed by atoms with Gasteiger partial charge in [-0.05, 0) is 37.0 Å². The number of hydrogen-bond acceptors (Lipinski definition) is 5. The molecule has 3 aromatic rings. The molecule has 1 amide bonds. The Hall–Kier alpha value is -2.99. The lowest BCUT2D eigenvalue weighted by atomic mass is 9.73. The van der Waals surface area contributed by atoms with Gasteiger partial charge in [-0.25, -0.2) is 0 Å². The lowest BCUT2D eigenvalue weighted by Gasteiger charge is -2.41. The number of carbonyl (C=O) groups is 1. The second kappa shape index (κ2) is 7.69. The van der Waals surface area contributed by atoms with Crippen molar-refractivity contribution in [3.63, 3.8) is 0 Å². The first-order chi connectivity index (χ1) is 14.6. The molecule has 2 aliphatic heterocycles. The smallest absolute Gasteiger partial charge is 0.253 e. The van der Waals surface area contributed by atoms with Crippen molar-refractivity contribution in [3.8, 4) is 0 Å². The topological polar surface area (TPSA) is 62.5 Å². The lowest BCUT2D eigenvalue weighted by Crippen LogP contribution is -2.53. The summed E-state index contributed by atoms with van der Waals surface area (Å²) in [7, 11) is 0. The monoisotopic (exact) mass is 402 g/mol. The molecule has 2 saturated heterocycles. The summed E-state index contributed by atoms with van der Waals surface area (Å²) in [6.07, 6.45) is 0.936. The van der Waals surface area contributed by atoms with Gasteiger partial charge in [-0.3, -0.25) is 9.69 Å². The molecule has 0 saturated carbocycles. The Morgan fingerprint density at radius 1 is 1.10 bits per heavy atom. The van der Waals surface area contributed by atoms with Gasteiger partial charge in [0.2, 0.25) is 5.89 Å². The van der Waals surface area contributed by atoms with E-state index in [1.165, 1.54) is 5.56 Å². The Labute approximate surface area is 176 Å². The highest BCUT2D eigenvalue weighted by molar-refractivity contribution is 5.94. The van der Waals surface area contributed by atoms with Crippen molar-refractivity contribution in [2.45, 2.75) is 25.3 Å². The number of nitrogens with zero attached hydrogens (tertiary/aromatic N) is 4. The number of aromatic nitrogens is 2. The molecule has 2 aromatic carbocycles. The van der Waals surface area contributed by atoms with Crippen LogP contribution in [0.5, 0.6) is 0 Å². The molecule has 0 aliphatic carbocycles. The molecular weight excluding hydrogens is 376 g/mol. The summed E-state index contributed by atoms with van der Waals surface area (Å²) in [6.45, 7) is 5.89. The third-order valence-electron chi connectivity index (χ3n) is 6.50. The van der Waals surface area contributed by atoms with Crippen LogP contribution in [0.2, 0.25) is 0 Å². The molecule has 6 nitrogen and oxygen atoms in total. The van der Waals surface area contributed by atoms with E-state index in [1.807, 2.05) is 48.2 Å². The van der Waals surface area contributed by atoms with Crippen LogP contribution < -0.4 is 0 Å². The van der Waals surface area contributed by atoms with E-state index in [4.69, 9.17) is 4.52 Å². The highest BCUT2D eigenvalue weighted by atomic mass is 16.5. The van der Waals surface area contributed by atoms with Crippen LogP contribution in [-0.4, -0.2) is 52.0 Å².